The van der Waals surface area contributed by atoms with E-state index in [1.165, 1.54) is 0 Å². The Labute approximate surface area is 155 Å². The van der Waals surface area contributed by atoms with Gasteiger partial charge in [0.05, 0.1) is 11.1 Å². The fourth-order valence-corrected chi connectivity index (χ4v) is 3.81. The molecule has 0 aliphatic carbocycles. The third kappa shape index (κ3) is 2.82. The standard InChI is InChI=1S/C21H19NO5/c23-17-5-3-14-9-15(13-4-6-18-19(10-13)26-12-25-18)21(24)27-20(14)16(17)11-22-7-1-2-8-22/h3-6,9-10,23H,1-2,7-8,11-12H2. The second-order valence-electron chi connectivity index (χ2n) is 6.98. The van der Waals surface area contributed by atoms with Crippen molar-refractivity contribution in [1.82, 2.24) is 4.90 Å². The lowest BCUT2D eigenvalue weighted by Gasteiger charge is -2.16. The molecule has 3 heterocycles. The quantitative estimate of drug-likeness (QED) is 0.717. The van der Waals surface area contributed by atoms with Crippen LogP contribution < -0.4 is 15.1 Å². The van der Waals surface area contributed by atoms with Gasteiger partial charge in [-0.3, -0.25) is 4.90 Å². The van der Waals surface area contributed by atoms with Crippen LogP contribution in [0.4, 0.5) is 0 Å². The molecule has 6 nitrogen and oxygen atoms in total. The van der Waals surface area contributed by atoms with E-state index in [9.17, 15) is 9.90 Å². The highest BCUT2D eigenvalue weighted by atomic mass is 16.7. The SMILES string of the molecule is O=c1oc2c(CN3CCCC3)c(O)ccc2cc1-c1ccc2c(c1)OCO2. The fourth-order valence-electron chi connectivity index (χ4n) is 3.81. The van der Waals surface area contributed by atoms with E-state index in [1.807, 2.05) is 12.1 Å². The van der Waals surface area contributed by atoms with Crippen LogP contribution in [0, 0.1) is 0 Å². The number of fused-ring (bicyclic) bond motifs is 2. The van der Waals surface area contributed by atoms with E-state index in [4.69, 9.17) is 13.9 Å². The lowest BCUT2D eigenvalue weighted by atomic mass is 10.0. The molecule has 2 aliphatic heterocycles. The third-order valence-electron chi connectivity index (χ3n) is 5.24. The summed E-state index contributed by atoms with van der Waals surface area (Å²) in [5.74, 6) is 1.45. The van der Waals surface area contributed by atoms with Crippen LogP contribution in [0.1, 0.15) is 18.4 Å². The van der Waals surface area contributed by atoms with Gasteiger partial charge in [0.2, 0.25) is 6.79 Å². The molecule has 1 N–H and O–H groups in total. The van der Waals surface area contributed by atoms with Gasteiger partial charge in [-0.1, -0.05) is 6.07 Å². The van der Waals surface area contributed by atoms with Crippen LogP contribution in [-0.4, -0.2) is 29.9 Å². The summed E-state index contributed by atoms with van der Waals surface area (Å²) in [6.07, 6.45) is 2.31. The van der Waals surface area contributed by atoms with Crippen LogP contribution in [0.25, 0.3) is 22.1 Å². The first-order chi connectivity index (χ1) is 13.2. The molecule has 1 aromatic heterocycles. The number of hydrogen-bond acceptors (Lipinski definition) is 6. The summed E-state index contributed by atoms with van der Waals surface area (Å²) in [4.78, 5) is 15.0. The number of aromatic hydroxyl groups is 1. The molecule has 1 saturated heterocycles. The molecule has 138 valence electrons. The molecule has 0 radical (unpaired) electrons. The lowest BCUT2D eigenvalue weighted by molar-refractivity contribution is 0.174. The Hall–Kier alpha value is -2.99. The highest BCUT2D eigenvalue weighted by Crippen LogP contribution is 2.36. The Morgan fingerprint density at radius 3 is 2.67 bits per heavy atom. The molecule has 6 heteroatoms. The van der Waals surface area contributed by atoms with Gasteiger partial charge in [-0.15, -0.1) is 0 Å². The molecule has 0 saturated carbocycles. The van der Waals surface area contributed by atoms with Gasteiger partial charge in [0, 0.05) is 11.9 Å². The maximum Gasteiger partial charge on any atom is 0.344 e. The number of phenolic OH excluding ortho intramolecular Hbond substituents is 1. The smallest absolute Gasteiger partial charge is 0.344 e. The van der Waals surface area contributed by atoms with Crippen molar-refractivity contribution in [3.63, 3.8) is 0 Å². The molecule has 0 spiro atoms. The molecule has 3 aromatic rings. The summed E-state index contributed by atoms with van der Waals surface area (Å²) in [5.41, 5.74) is 1.86. The molecular formula is C21H19NO5. The zero-order chi connectivity index (χ0) is 18.4. The van der Waals surface area contributed by atoms with E-state index in [1.54, 1.807) is 24.3 Å². The number of ether oxygens (including phenoxy) is 2. The maximum atomic E-state index is 12.7. The van der Waals surface area contributed by atoms with E-state index in [2.05, 4.69) is 4.90 Å². The summed E-state index contributed by atoms with van der Waals surface area (Å²) < 4.78 is 16.4. The maximum absolute atomic E-state index is 12.7. The van der Waals surface area contributed by atoms with Gasteiger partial charge in [-0.05, 0) is 61.8 Å². The summed E-state index contributed by atoms with van der Waals surface area (Å²) >= 11 is 0. The Kier molecular flexibility index (Phi) is 3.79. The second-order valence-corrected chi connectivity index (χ2v) is 6.98. The van der Waals surface area contributed by atoms with Crippen molar-refractivity contribution in [2.24, 2.45) is 0 Å². The molecule has 2 aromatic carbocycles. The fraction of sp³-hybridized carbons (Fsp3) is 0.286. The number of phenols is 1. The number of nitrogens with zero attached hydrogens (tertiary/aromatic N) is 1. The average Bonchev–Trinajstić information content (AvgIpc) is 3.35. The van der Waals surface area contributed by atoms with Crippen LogP contribution >= 0.6 is 0 Å². The molecule has 0 amide bonds. The van der Waals surface area contributed by atoms with Gasteiger partial charge in [-0.2, -0.15) is 0 Å². The summed E-state index contributed by atoms with van der Waals surface area (Å²) in [5, 5.41) is 11.1. The second kappa shape index (κ2) is 6.32. The Morgan fingerprint density at radius 1 is 1.00 bits per heavy atom. The highest BCUT2D eigenvalue weighted by Gasteiger charge is 2.20. The van der Waals surface area contributed by atoms with Crippen molar-refractivity contribution in [3.05, 3.63) is 52.4 Å². The van der Waals surface area contributed by atoms with E-state index in [-0.39, 0.29) is 12.5 Å². The molecule has 1 fully saturated rings. The van der Waals surface area contributed by atoms with Crippen LogP contribution in [0.2, 0.25) is 0 Å². The van der Waals surface area contributed by atoms with E-state index >= 15 is 0 Å². The van der Waals surface area contributed by atoms with Gasteiger partial charge in [0.25, 0.3) is 0 Å². The molecule has 0 bridgehead atoms. The van der Waals surface area contributed by atoms with Crippen molar-refractivity contribution < 1.29 is 19.0 Å². The molecule has 27 heavy (non-hydrogen) atoms. The van der Waals surface area contributed by atoms with Gasteiger partial charge in [-0.25, -0.2) is 4.79 Å². The Morgan fingerprint density at radius 2 is 1.81 bits per heavy atom. The van der Waals surface area contributed by atoms with Crippen molar-refractivity contribution in [2.45, 2.75) is 19.4 Å². The number of hydrogen-bond donors (Lipinski definition) is 1. The van der Waals surface area contributed by atoms with Crippen molar-refractivity contribution >= 4 is 11.0 Å². The van der Waals surface area contributed by atoms with Crippen LogP contribution in [0.15, 0.2) is 45.6 Å². The minimum Gasteiger partial charge on any atom is -0.507 e. The zero-order valence-electron chi connectivity index (χ0n) is 14.7. The minimum absolute atomic E-state index is 0.161. The van der Waals surface area contributed by atoms with Gasteiger partial charge < -0.3 is 19.0 Å². The summed E-state index contributed by atoms with van der Waals surface area (Å²) in [7, 11) is 0. The third-order valence-corrected chi connectivity index (χ3v) is 5.24. The highest BCUT2D eigenvalue weighted by molar-refractivity contribution is 5.86. The first kappa shape index (κ1) is 16.2. The van der Waals surface area contributed by atoms with E-state index in [0.29, 0.717) is 40.3 Å². The largest absolute Gasteiger partial charge is 0.507 e. The summed E-state index contributed by atoms with van der Waals surface area (Å²) in [6.45, 7) is 2.75. The van der Waals surface area contributed by atoms with Gasteiger partial charge in [0.1, 0.15) is 11.3 Å². The molecule has 5 rings (SSSR count). The van der Waals surface area contributed by atoms with E-state index in [0.717, 1.165) is 31.3 Å². The first-order valence-electron chi connectivity index (χ1n) is 9.10. The summed E-state index contributed by atoms with van der Waals surface area (Å²) in [6, 6.07) is 10.6. The molecular weight excluding hydrogens is 346 g/mol. The topological polar surface area (TPSA) is 72.1 Å². The Balaban J connectivity index is 1.61. The first-order valence-corrected chi connectivity index (χ1v) is 9.10. The number of benzene rings is 2. The van der Waals surface area contributed by atoms with Crippen LogP contribution in [-0.2, 0) is 6.54 Å². The monoisotopic (exact) mass is 365 g/mol. The zero-order valence-corrected chi connectivity index (χ0v) is 14.7. The number of rotatable bonds is 3. The average molecular weight is 365 g/mol. The lowest BCUT2D eigenvalue weighted by Crippen LogP contribution is -2.19. The van der Waals surface area contributed by atoms with Crippen LogP contribution in [0.5, 0.6) is 17.2 Å². The molecule has 2 aliphatic rings. The predicted molar refractivity (Wildman–Crippen MR) is 100 cm³/mol. The van der Waals surface area contributed by atoms with Crippen molar-refractivity contribution in [2.75, 3.05) is 19.9 Å². The Bertz CT molecular complexity index is 1080. The van der Waals surface area contributed by atoms with Crippen LogP contribution in [0.3, 0.4) is 0 Å². The molecule has 0 atom stereocenters. The normalized spacial score (nSPS) is 16.3. The van der Waals surface area contributed by atoms with Gasteiger partial charge in [0.15, 0.2) is 11.5 Å². The van der Waals surface area contributed by atoms with Crippen molar-refractivity contribution in [3.8, 4) is 28.4 Å². The number of likely N-dealkylation sites (tertiary alicyclic amines) is 1. The van der Waals surface area contributed by atoms with Gasteiger partial charge >= 0.3 is 5.63 Å². The predicted octanol–water partition coefficient (Wildman–Crippen LogP) is 3.49. The minimum atomic E-state index is -0.436. The van der Waals surface area contributed by atoms with E-state index < -0.39 is 5.63 Å². The van der Waals surface area contributed by atoms with Crippen molar-refractivity contribution in [1.29, 1.82) is 0 Å². The molecule has 0 unspecified atom stereocenters.